The second-order valence-corrected chi connectivity index (χ2v) is 7.33. The van der Waals surface area contributed by atoms with E-state index in [1.165, 1.54) is 35.4 Å². The van der Waals surface area contributed by atoms with Crippen LogP contribution in [-0.4, -0.2) is 26.4 Å². The predicted octanol–water partition coefficient (Wildman–Crippen LogP) is 5.78. The van der Waals surface area contributed by atoms with Crippen LogP contribution >= 0.6 is 0 Å². The molecule has 0 saturated heterocycles. The number of fused-ring (bicyclic) bond motifs is 3. The minimum atomic E-state index is -0.453. The molecule has 0 bridgehead atoms. The molecule has 0 radical (unpaired) electrons. The highest BCUT2D eigenvalue weighted by Crippen LogP contribution is 2.44. The molecule has 0 spiro atoms. The molecule has 0 aliphatic heterocycles. The van der Waals surface area contributed by atoms with E-state index in [1.54, 1.807) is 18.2 Å². The lowest BCUT2D eigenvalue weighted by atomic mass is 9.98. The molecule has 1 amide bonds. The molecule has 0 heterocycles. The third-order valence-electron chi connectivity index (χ3n) is 5.43. The first kappa shape index (κ1) is 20.7. The third-order valence-corrected chi connectivity index (χ3v) is 5.43. The van der Waals surface area contributed by atoms with Crippen molar-refractivity contribution in [3.63, 3.8) is 0 Å². The topological polar surface area (TPSA) is 47.6 Å². The standard InChI is InChI=1S/C26H24FNO3/c1-30-19-14-13-18(25(27)16-19)8-6-7-15-28-26(29)31-17-24-22-11-4-2-9-20(22)21-10-3-5-12-23(21)24/h2-6,8-14,16,24H,7,15,17H2,1H3,(H,28,29). The molecular weight excluding hydrogens is 393 g/mol. The van der Waals surface area contributed by atoms with Crippen LogP contribution < -0.4 is 10.1 Å². The highest BCUT2D eigenvalue weighted by molar-refractivity contribution is 5.79. The first-order valence-corrected chi connectivity index (χ1v) is 10.3. The van der Waals surface area contributed by atoms with Gasteiger partial charge in [-0.05, 0) is 40.8 Å². The van der Waals surface area contributed by atoms with Gasteiger partial charge in [-0.15, -0.1) is 0 Å². The Kier molecular flexibility index (Phi) is 6.32. The first-order chi connectivity index (χ1) is 15.2. The van der Waals surface area contributed by atoms with Crippen molar-refractivity contribution < 1.29 is 18.7 Å². The molecule has 0 aromatic heterocycles. The van der Waals surface area contributed by atoms with Gasteiger partial charge >= 0.3 is 6.09 Å². The van der Waals surface area contributed by atoms with Crippen molar-refractivity contribution in [3.8, 4) is 16.9 Å². The van der Waals surface area contributed by atoms with E-state index >= 15 is 0 Å². The summed E-state index contributed by atoms with van der Waals surface area (Å²) in [5.41, 5.74) is 5.23. The Labute approximate surface area is 181 Å². The summed E-state index contributed by atoms with van der Waals surface area (Å²) in [4.78, 5) is 12.2. The summed E-state index contributed by atoms with van der Waals surface area (Å²) in [5, 5.41) is 2.75. The molecule has 1 aliphatic carbocycles. The number of hydrogen-bond donors (Lipinski definition) is 1. The van der Waals surface area contributed by atoms with Crippen LogP contribution in [0.5, 0.6) is 5.75 Å². The van der Waals surface area contributed by atoms with Gasteiger partial charge in [0.2, 0.25) is 0 Å². The van der Waals surface area contributed by atoms with Crippen LogP contribution in [0.4, 0.5) is 9.18 Å². The van der Waals surface area contributed by atoms with Crippen molar-refractivity contribution in [3.05, 3.63) is 95.3 Å². The molecule has 4 rings (SSSR count). The number of nitrogens with one attached hydrogen (secondary N) is 1. The van der Waals surface area contributed by atoms with Gasteiger partial charge in [-0.1, -0.05) is 60.7 Å². The van der Waals surface area contributed by atoms with Crippen LogP contribution in [0, 0.1) is 5.82 Å². The molecule has 0 fully saturated rings. The van der Waals surface area contributed by atoms with E-state index < -0.39 is 6.09 Å². The van der Waals surface area contributed by atoms with Crippen molar-refractivity contribution in [1.82, 2.24) is 5.32 Å². The number of ether oxygens (including phenoxy) is 2. The smallest absolute Gasteiger partial charge is 0.407 e. The number of alkyl carbamates (subject to hydrolysis) is 1. The average molecular weight is 417 g/mol. The van der Waals surface area contributed by atoms with Crippen molar-refractivity contribution >= 4 is 12.2 Å². The van der Waals surface area contributed by atoms with Gasteiger partial charge in [0.25, 0.3) is 0 Å². The van der Waals surface area contributed by atoms with Crippen molar-refractivity contribution in [2.75, 3.05) is 20.3 Å². The van der Waals surface area contributed by atoms with Crippen molar-refractivity contribution in [2.45, 2.75) is 12.3 Å². The third kappa shape index (κ3) is 4.61. The predicted molar refractivity (Wildman–Crippen MR) is 120 cm³/mol. The van der Waals surface area contributed by atoms with E-state index in [2.05, 4.69) is 29.6 Å². The zero-order valence-electron chi connectivity index (χ0n) is 17.3. The number of amides is 1. The highest BCUT2D eigenvalue weighted by atomic mass is 19.1. The molecule has 0 saturated carbocycles. The van der Waals surface area contributed by atoms with Gasteiger partial charge in [-0.2, -0.15) is 0 Å². The van der Waals surface area contributed by atoms with E-state index in [0.29, 0.717) is 24.3 Å². The van der Waals surface area contributed by atoms with Gasteiger partial charge in [-0.25, -0.2) is 9.18 Å². The number of benzene rings is 3. The molecule has 3 aromatic rings. The lowest BCUT2D eigenvalue weighted by molar-refractivity contribution is 0.143. The summed E-state index contributed by atoms with van der Waals surface area (Å²) in [5.74, 6) is 0.169. The fourth-order valence-electron chi connectivity index (χ4n) is 3.89. The Hall–Kier alpha value is -3.60. The lowest BCUT2D eigenvalue weighted by Gasteiger charge is -2.14. The molecule has 0 atom stereocenters. The minimum absolute atomic E-state index is 0.0380. The molecule has 5 heteroatoms. The van der Waals surface area contributed by atoms with E-state index in [0.717, 1.165) is 0 Å². The molecular formula is C26H24FNO3. The second-order valence-electron chi connectivity index (χ2n) is 7.33. The molecule has 0 unspecified atom stereocenters. The number of halogens is 1. The van der Waals surface area contributed by atoms with Gasteiger partial charge in [0, 0.05) is 24.1 Å². The fraction of sp³-hybridized carbons (Fsp3) is 0.192. The molecule has 3 aromatic carbocycles. The molecule has 1 N–H and O–H groups in total. The normalized spacial score (nSPS) is 12.5. The van der Waals surface area contributed by atoms with E-state index in [9.17, 15) is 9.18 Å². The number of carbonyl (C=O) groups excluding carboxylic acids is 1. The maximum absolute atomic E-state index is 13.9. The number of methoxy groups -OCH3 is 1. The van der Waals surface area contributed by atoms with Crippen LogP contribution in [-0.2, 0) is 4.74 Å². The summed E-state index contributed by atoms with van der Waals surface area (Å²) in [6.45, 7) is 0.692. The zero-order valence-corrected chi connectivity index (χ0v) is 17.3. The largest absolute Gasteiger partial charge is 0.497 e. The van der Waals surface area contributed by atoms with Gasteiger partial charge in [0.15, 0.2) is 0 Å². The highest BCUT2D eigenvalue weighted by Gasteiger charge is 2.28. The summed E-state index contributed by atoms with van der Waals surface area (Å²) >= 11 is 0. The monoisotopic (exact) mass is 417 g/mol. The summed E-state index contributed by atoms with van der Waals surface area (Å²) < 4.78 is 24.4. The maximum Gasteiger partial charge on any atom is 0.407 e. The Morgan fingerprint density at radius 3 is 2.35 bits per heavy atom. The quantitative estimate of drug-likeness (QED) is 0.496. The van der Waals surface area contributed by atoms with Gasteiger partial charge in [-0.3, -0.25) is 0 Å². The summed E-state index contributed by atoms with van der Waals surface area (Å²) in [7, 11) is 1.50. The molecule has 158 valence electrons. The first-order valence-electron chi connectivity index (χ1n) is 10.3. The number of rotatable bonds is 7. The number of carbonyl (C=O) groups is 1. The Morgan fingerprint density at radius 2 is 1.71 bits per heavy atom. The van der Waals surface area contributed by atoms with Gasteiger partial charge in [0.05, 0.1) is 7.11 Å². The molecule has 4 nitrogen and oxygen atoms in total. The Balaban J connectivity index is 1.27. The van der Waals surface area contributed by atoms with E-state index in [4.69, 9.17) is 9.47 Å². The fourth-order valence-corrected chi connectivity index (χ4v) is 3.89. The van der Waals surface area contributed by atoms with Crippen LogP contribution in [0.1, 0.15) is 29.0 Å². The SMILES string of the molecule is COc1ccc(C=CCCNC(=O)OCC2c3ccccc3-c3ccccc32)c(F)c1. The Bertz CT molecular complexity index is 1060. The Morgan fingerprint density at radius 1 is 1.03 bits per heavy atom. The van der Waals surface area contributed by atoms with Gasteiger partial charge in [0.1, 0.15) is 18.2 Å². The van der Waals surface area contributed by atoms with E-state index in [-0.39, 0.29) is 18.3 Å². The van der Waals surface area contributed by atoms with Crippen LogP contribution in [0.2, 0.25) is 0 Å². The summed E-state index contributed by atoms with van der Waals surface area (Å²) in [6, 6.07) is 21.2. The maximum atomic E-state index is 13.9. The molecule has 1 aliphatic rings. The zero-order chi connectivity index (χ0) is 21.6. The summed E-state index contributed by atoms with van der Waals surface area (Å²) in [6.07, 6.45) is 3.62. The van der Waals surface area contributed by atoms with Gasteiger partial charge < -0.3 is 14.8 Å². The molecule has 31 heavy (non-hydrogen) atoms. The lowest BCUT2D eigenvalue weighted by Crippen LogP contribution is -2.26. The van der Waals surface area contributed by atoms with Crippen LogP contribution in [0.3, 0.4) is 0 Å². The van der Waals surface area contributed by atoms with Crippen molar-refractivity contribution in [1.29, 1.82) is 0 Å². The average Bonchev–Trinajstić information content (AvgIpc) is 3.12. The second kappa shape index (κ2) is 9.47. The van der Waals surface area contributed by atoms with Crippen LogP contribution in [0.15, 0.2) is 72.8 Å². The van der Waals surface area contributed by atoms with Crippen molar-refractivity contribution in [2.24, 2.45) is 0 Å². The van der Waals surface area contributed by atoms with E-state index in [1.807, 2.05) is 30.3 Å². The van der Waals surface area contributed by atoms with Crippen LogP contribution in [0.25, 0.3) is 17.2 Å². The minimum Gasteiger partial charge on any atom is -0.497 e. The number of hydrogen-bond acceptors (Lipinski definition) is 3.